The van der Waals surface area contributed by atoms with E-state index >= 15 is 0 Å². The molecule has 1 aliphatic rings. The first kappa shape index (κ1) is 13.1. The van der Waals surface area contributed by atoms with Crippen molar-refractivity contribution in [1.82, 2.24) is 9.55 Å². The van der Waals surface area contributed by atoms with E-state index in [1.165, 1.54) is 0 Å². The van der Waals surface area contributed by atoms with Gasteiger partial charge in [-0.2, -0.15) is 0 Å². The number of aliphatic hydroxyl groups is 1. The third kappa shape index (κ3) is 2.56. The SMILES string of the molecule is CCCn1ccnc(N2CCC(O)C(C)C2)c1=O. The Morgan fingerprint density at radius 3 is 3.00 bits per heavy atom. The van der Waals surface area contributed by atoms with Gasteiger partial charge < -0.3 is 14.6 Å². The van der Waals surface area contributed by atoms with E-state index in [9.17, 15) is 9.90 Å². The van der Waals surface area contributed by atoms with Gasteiger partial charge in [-0.3, -0.25) is 4.79 Å². The lowest BCUT2D eigenvalue weighted by molar-refractivity contribution is 0.0968. The van der Waals surface area contributed by atoms with Crippen molar-refractivity contribution in [2.75, 3.05) is 18.0 Å². The number of piperidine rings is 1. The number of aliphatic hydroxyl groups excluding tert-OH is 1. The van der Waals surface area contributed by atoms with Crippen molar-refractivity contribution in [2.24, 2.45) is 5.92 Å². The molecule has 5 nitrogen and oxygen atoms in total. The van der Waals surface area contributed by atoms with Gasteiger partial charge in [-0.05, 0) is 18.8 Å². The van der Waals surface area contributed by atoms with E-state index in [4.69, 9.17) is 0 Å². The van der Waals surface area contributed by atoms with Crippen LogP contribution in [-0.2, 0) is 6.54 Å². The zero-order chi connectivity index (χ0) is 13.1. The summed E-state index contributed by atoms with van der Waals surface area (Å²) in [7, 11) is 0. The lowest BCUT2D eigenvalue weighted by Gasteiger charge is -2.34. The maximum Gasteiger partial charge on any atom is 0.293 e. The molecule has 5 heteroatoms. The first-order valence-corrected chi connectivity index (χ1v) is 6.62. The number of aromatic nitrogens is 2. The minimum Gasteiger partial charge on any atom is -0.393 e. The summed E-state index contributed by atoms with van der Waals surface area (Å²) in [6, 6.07) is 0. The molecule has 1 N–H and O–H groups in total. The van der Waals surface area contributed by atoms with Gasteiger partial charge in [-0.15, -0.1) is 0 Å². The number of anilines is 1. The van der Waals surface area contributed by atoms with Crippen molar-refractivity contribution in [2.45, 2.75) is 39.3 Å². The molecule has 2 atom stereocenters. The van der Waals surface area contributed by atoms with Gasteiger partial charge >= 0.3 is 0 Å². The standard InChI is InChI=1S/C13H21N3O2/c1-3-6-15-8-5-14-12(13(15)18)16-7-4-11(17)10(2)9-16/h5,8,10-11,17H,3-4,6-7,9H2,1-2H3. The quantitative estimate of drug-likeness (QED) is 0.865. The Balaban J connectivity index is 2.23. The van der Waals surface area contributed by atoms with E-state index in [-0.39, 0.29) is 17.6 Å². The Hall–Kier alpha value is -1.36. The van der Waals surface area contributed by atoms with Crippen LogP contribution in [0.1, 0.15) is 26.7 Å². The Morgan fingerprint density at radius 1 is 1.56 bits per heavy atom. The molecule has 2 heterocycles. The van der Waals surface area contributed by atoms with Crippen LogP contribution >= 0.6 is 0 Å². The predicted octanol–water partition coefficient (Wildman–Crippen LogP) is 0.860. The van der Waals surface area contributed by atoms with Gasteiger partial charge in [-0.25, -0.2) is 4.98 Å². The van der Waals surface area contributed by atoms with E-state index in [0.29, 0.717) is 25.3 Å². The maximum atomic E-state index is 12.2. The summed E-state index contributed by atoms with van der Waals surface area (Å²) in [6.07, 6.45) is 4.78. The molecule has 1 aliphatic heterocycles. The molecule has 0 aromatic carbocycles. The van der Waals surface area contributed by atoms with Crippen LogP contribution in [0.25, 0.3) is 0 Å². The zero-order valence-electron chi connectivity index (χ0n) is 11.0. The summed E-state index contributed by atoms with van der Waals surface area (Å²) in [5.41, 5.74) is -0.0251. The largest absolute Gasteiger partial charge is 0.393 e. The van der Waals surface area contributed by atoms with Gasteiger partial charge in [0.05, 0.1) is 6.10 Å². The average Bonchev–Trinajstić information content (AvgIpc) is 2.36. The summed E-state index contributed by atoms with van der Waals surface area (Å²) in [5.74, 6) is 0.699. The first-order chi connectivity index (χ1) is 8.63. The lowest BCUT2D eigenvalue weighted by Crippen LogP contribution is -2.45. The molecule has 18 heavy (non-hydrogen) atoms. The number of hydrogen-bond donors (Lipinski definition) is 1. The van der Waals surface area contributed by atoms with E-state index in [0.717, 1.165) is 13.0 Å². The number of nitrogens with zero attached hydrogens (tertiary/aromatic N) is 3. The van der Waals surface area contributed by atoms with Gasteiger partial charge in [0.25, 0.3) is 5.56 Å². The van der Waals surface area contributed by atoms with Crippen molar-refractivity contribution in [3.05, 3.63) is 22.7 Å². The molecule has 100 valence electrons. The Kier molecular flexibility index (Phi) is 4.01. The van der Waals surface area contributed by atoms with Crippen LogP contribution in [0.15, 0.2) is 17.2 Å². The molecule has 1 aromatic heterocycles. The van der Waals surface area contributed by atoms with Crippen molar-refractivity contribution >= 4 is 5.82 Å². The Labute approximate surface area is 107 Å². The fourth-order valence-electron chi connectivity index (χ4n) is 2.40. The van der Waals surface area contributed by atoms with Crippen molar-refractivity contribution in [3.8, 4) is 0 Å². The smallest absolute Gasteiger partial charge is 0.293 e. The van der Waals surface area contributed by atoms with Crippen molar-refractivity contribution in [3.63, 3.8) is 0 Å². The van der Waals surface area contributed by atoms with Gasteiger partial charge in [0, 0.05) is 32.0 Å². The fraction of sp³-hybridized carbons (Fsp3) is 0.692. The predicted molar refractivity (Wildman–Crippen MR) is 70.8 cm³/mol. The van der Waals surface area contributed by atoms with E-state index in [1.807, 2.05) is 18.7 Å². The monoisotopic (exact) mass is 251 g/mol. The van der Waals surface area contributed by atoms with Crippen LogP contribution in [0.5, 0.6) is 0 Å². The minimum absolute atomic E-state index is 0.0251. The molecule has 0 bridgehead atoms. The molecular weight excluding hydrogens is 230 g/mol. The number of rotatable bonds is 3. The third-order valence-electron chi connectivity index (χ3n) is 3.52. The molecule has 2 rings (SSSR count). The molecule has 0 saturated carbocycles. The van der Waals surface area contributed by atoms with Crippen LogP contribution in [0.4, 0.5) is 5.82 Å². The van der Waals surface area contributed by atoms with Gasteiger partial charge in [0.1, 0.15) is 0 Å². The molecule has 1 aromatic rings. The molecule has 1 saturated heterocycles. The van der Waals surface area contributed by atoms with Crippen molar-refractivity contribution in [1.29, 1.82) is 0 Å². The normalized spacial score (nSPS) is 24.3. The molecule has 0 radical (unpaired) electrons. The second-order valence-electron chi connectivity index (χ2n) is 5.03. The molecule has 1 fully saturated rings. The Bertz CT molecular complexity index is 458. The summed E-state index contributed by atoms with van der Waals surface area (Å²) < 4.78 is 1.71. The molecule has 0 amide bonds. The Morgan fingerprint density at radius 2 is 2.33 bits per heavy atom. The highest BCUT2D eigenvalue weighted by atomic mass is 16.3. The first-order valence-electron chi connectivity index (χ1n) is 6.62. The third-order valence-corrected chi connectivity index (χ3v) is 3.52. The van der Waals surface area contributed by atoms with Crippen LogP contribution in [0.3, 0.4) is 0 Å². The summed E-state index contributed by atoms with van der Waals surface area (Å²) in [6.45, 7) is 6.17. The topological polar surface area (TPSA) is 58.4 Å². The molecular formula is C13H21N3O2. The second kappa shape index (κ2) is 5.52. The second-order valence-corrected chi connectivity index (χ2v) is 5.03. The van der Waals surface area contributed by atoms with E-state index in [1.54, 1.807) is 17.0 Å². The highest BCUT2D eigenvalue weighted by Gasteiger charge is 2.26. The highest BCUT2D eigenvalue weighted by molar-refractivity contribution is 5.36. The number of hydrogen-bond acceptors (Lipinski definition) is 4. The lowest BCUT2D eigenvalue weighted by atomic mass is 9.97. The highest BCUT2D eigenvalue weighted by Crippen LogP contribution is 2.19. The summed E-state index contributed by atoms with van der Waals surface area (Å²) in [4.78, 5) is 18.4. The summed E-state index contributed by atoms with van der Waals surface area (Å²) in [5, 5.41) is 9.72. The molecule has 0 spiro atoms. The minimum atomic E-state index is -0.261. The maximum absolute atomic E-state index is 12.2. The average molecular weight is 251 g/mol. The van der Waals surface area contributed by atoms with E-state index in [2.05, 4.69) is 4.98 Å². The molecule has 2 unspecified atom stereocenters. The van der Waals surface area contributed by atoms with Gasteiger partial charge in [0.2, 0.25) is 0 Å². The number of aryl methyl sites for hydroxylation is 1. The van der Waals surface area contributed by atoms with E-state index < -0.39 is 0 Å². The van der Waals surface area contributed by atoms with Gasteiger partial charge in [0.15, 0.2) is 5.82 Å². The summed E-state index contributed by atoms with van der Waals surface area (Å²) >= 11 is 0. The van der Waals surface area contributed by atoms with Crippen LogP contribution in [0.2, 0.25) is 0 Å². The van der Waals surface area contributed by atoms with Gasteiger partial charge in [-0.1, -0.05) is 13.8 Å². The zero-order valence-corrected chi connectivity index (χ0v) is 11.0. The van der Waals surface area contributed by atoms with Crippen LogP contribution in [0, 0.1) is 5.92 Å². The molecule has 0 aliphatic carbocycles. The fourth-order valence-corrected chi connectivity index (χ4v) is 2.40. The van der Waals surface area contributed by atoms with Crippen LogP contribution < -0.4 is 10.5 Å². The van der Waals surface area contributed by atoms with Crippen LogP contribution in [-0.4, -0.2) is 33.9 Å². The van der Waals surface area contributed by atoms with Crippen molar-refractivity contribution < 1.29 is 5.11 Å².